The van der Waals surface area contributed by atoms with E-state index in [0.717, 1.165) is 16.5 Å². The highest BCUT2D eigenvalue weighted by atomic mass is 35.5. The molecule has 7 nitrogen and oxygen atoms in total. The Labute approximate surface area is 210 Å². The lowest BCUT2D eigenvalue weighted by molar-refractivity contribution is -0.142. The van der Waals surface area contributed by atoms with E-state index in [1.165, 1.54) is 18.2 Å². The summed E-state index contributed by atoms with van der Waals surface area (Å²) < 4.78 is 5.02. The Morgan fingerprint density at radius 3 is 2.33 bits per heavy atom. The lowest BCUT2D eigenvalue weighted by atomic mass is 9.84. The van der Waals surface area contributed by atoms with Crippen molar-refractivity contribution in [2.45, 2.75) is 0 Å². The van der Waals surface area contributed by atoms with Crippen LogP contribution in [0.15, 0.2) is 79.0 Å². The van der Waals surface area contributed by atoms with Crippen molar-refractivity contribution in [1.29, 1.82) is 0 Å². The Morgan fingerprint density at radius 1 is 0.889 bits per heavy atom. The number of benzene rings is 3. The molecule has 3 aromatic carbocycles. The lowest BCUT2D eigenvalue weighted by Crippen LogP contribution is -2.23. The summed E-state index contributed by atoms with van der Waals surface area (Å²) in [6.45, 7) is -0.569. The number of fused-ring (bicyclic) bond motifs is 3. The highest BCUT2D eigenvalue weighted by molar-refractivity contribution is 6.36. The number of para-hydroxylation sites is 1. The van der Waals surface area contributed by atoms with E-state index in [1.54, 1.807) is 36.5 Å². The van der Waals surface area contributed by atoms with E-state index in [0.29, 0.717) is 5.56 Å². The van der Waals surface area contributed by atoms with Crippen molar-refractivity contribution in [3.05, 3.63) is 112 Å². The zero-order valence-corrected chi connectivity index (χ0v) is 19.4. The van der Waals surface area contributed by atoms with E-state index < -0.39 is 18.5 Å². The number of hydrogen-bond donors (Lipinski definition) is 1. The highest BCUT2D eigenvalue weighted by Gasteiger charge is 2.30. The molecule has 0 fully saturated rings. The number of ketones is 2. The molecule has 1 aliphatic rings. The fourth-order valence-corrected chi connectivity index (χ4v) is 4.22. The van der Waals surface area contributed by atoms with Crippen LogP contribution in [0.5, 0.6) is 0 Å². The zero-order valence-electron chi connectivity index (χ0n) is 18.7. The minimum atomic E-state index is -0.716. The minimum absolute atomic E-state index is 0.0808. The Kier molecular flexibility index (Phi) is 6.14. The van der Waals surface area contributed by atoms with Gasteiger partial charge in [0.1, 0.15) is 0 Å². The number of amides is 1. The summed E-state index contributed by atoms with van der Waals surface area (Å²) in [6.07, 6.45) is 4.44. The van der Waals surface area contributed by atoms with Crippen LogP contribution in [0.25, 0.3) is 17.0 Å². The molecule has 36 heavy (non-hydrogen) atoms. The summed E-state index contributed by atoms with van der Waals surface area (Å²) >= 11 is 6.27. The van der Waals surface area contributed by atoms with Crippen LogP contribution in [0.1, 0.15) is 37.4 Å². The van der Waals surface area contributed by atoms with Crippen molar-refractivity contribution in [3.63, 3.8) is 0 Å². The SMILES string of the molecule is O=C(COC(=O)/C=C/c1cccc2cccnc12)Nc1cc2c(cc1Cl)C(=O)c1ccccc1C2=O. The van der Waals surface area contributed by atoms with Crippen LogP contribution in [0.3, 0.4) is 0 Å². The fourth-order valence-electron chi connectivity index (χ4n) is 4.01. The predicted molar refractivity (Wildman–Crippen MR) is 135 cm³/mol. The molecule has 0 atom stereocenters. The van der Waals surface area contributed by atoms with Gasteiger partial charge in [0.15, 0.2) is 18.2 Å². The normalized spacial score (nSPS) is 12.4. The second-order valence-electron chi connectivity index (χ2n) is 7.99. The van der Waals surface area contributed by atoms with Gasteiger partial charge in [-0.1, -0.05) is 60.1 Å². The maximum absolute atomic E-state index is 12.9. The topological polar surface area (TPSA) is 102 Å². The molecule has 1 aliphatic carbocycles. The van der Waals surface area contributed by atoms with Crippen LogP contribution >= 0.6 is 11.6 Å². The van der Waals surface area contributed by atoms with Gasteiger partial charge in [-0.3, -0.25) is 19.4 Å². The molecule has 0 unspecified atom stereocenters. The van der Waals surface area contributed by atoms with Gasteiger partial charge in [-0.15, -0.1) is 0 Å². The molecule has 0 saturated carbocycles. The summed E-state index contributed by atoms with van der Waals surface area (Å²) in [6, 6.07) is 18.5. The lowest BCUT2D eigenvalue weighted by Gasteiger charge is -2.19. The molecule has 176 valence electrons. The Morgan fingerprint density at radius 2 is 1.58 bits per heavy atom. The van der Waals surface area contributed by atoms with Crippen LogP contribution in [0, 0.1) is 0 Å². The quantitative estimate of drug-likeness (QED) is 0.275. The van der Waals surface area contributed by atoms with Crippen LogP contribution in [0.2, 0.25) is 5.02 Å². The van der Waals surface area contributed by atoms with Gasteiger partial charge in [-0.2, -0.15) is 0 Å². The molecule has 0 spiro atoms. The largest absolute Gasteiger partial charge is 0.452 e. The number of hydrogen-bond acceptors (Lipinski definition) is 6. The summed E-state index contributed by atoms with van der Waals surface area (Å²) in [5.41, 5.74) is 2.51. The van der Waals surface area contributed by atoms with Crippen molar-refractivity contribution < 1.29 is 23.9 Å². The fraction of sp³-hybridized carbons (Fsp3) is 0.0357. The molecule has 1 amide bonds. The number of anilines is 1. The molecule has 8 heteroatoms. The molecular formula is C28H17ClN2O5. The summed E-state index contributed by atoms with van der Waals surface area (Å²) in [5.74, 6) is -2.03. The van der Waals surface area contributed by atoms with Crippen molar-refractivity contribution in [2.75, 3.05) is 11.9 Å². The Balaban J connectivity index is 1.26. The molecule has 0 radical (unpaired) electrons. The molecule has 5 rings (SSSR count). The third-order valence-corrected chi connectivity index (χ3v) is 6.01. The van der Waals surface area contributed by atoms with Crippen LogP contribution in [-0.2, 0) is 14.3 Å². The Hall–Kier alpha value is -4.62. The van der Waals surface area contributed by atoms with Crippen LogP contribution < -0.4 is 5.32 Å². The summed E-state index contributed by atoms with van der Waals surface area (Å²) in [7, 11) is 0. The second kappa shape index (κ2) is 9.56. The number of nitrogens with zero attached hydrogens (tertiary/aromatic N) is 1. The van der Waals surface area contributed by atoms with E-state index in [2.05, 4.69) is 10.3 Å². The van der Waals surface area contributed by atoms with Crippen LogP contribution in [-0.4, -0.2) is 35.0 Å². The minimum Gasteiger partial charge on any atom is -0.452 e. The number of carbonyl (C=O) groups is 4. The van der Waals surface area contributed by atoms with E-state index in [9.17, 15) is 19.2 Å². The molecule has 1 aromatic heterocycles. The molecular weight excluding hydrogens is 480 g/mol. The predicted octanol–water partition coefficient (Wildman–Crippen LogP) is 4.86. The van der Waals surface area contributed by atoms with Gasteiger partial charge in [0.2, 0.25) is 0 Å². The van der Waals surface area contributed by atoms with Gasteiger partial charge < -0.3 is 10.1 Å². The van der Waals surface area contributed by atoms with Gasteiger partial charge in [0, 0.05) is 45.5 Å². The first-order valence-corrected chi connectivity index (χ1v) is 11.3. The number of esters is 1. The van der Waals surface area contributed by atoms with E-state index in [4.69, 9.17) is 16.3 Å². The van der Waals surface area contributed by atoms with Crippen molar-refractivity contribution >= 4 is 57.7 Å². The van der Waals surface area contributed by atoms with E-state index in [1.807, 2.05) is 30.3 Å². The van der Waals surface area contributed by atoms with Crippen molar-refractivity contribution in [1.82, 2.24) is 4.98 Å². The molecule has 1 heterocycles. The maximum Gasteiger partial charge on any atom is 0.331 e. The van der Waals surface area contributed by atoms with Crippen molar-refractivity contribution in [2.24, 2.45) is 0 Å². The molecule has 4 aromatic rings. The first-order valence-electron chi connectivity index (χ1n) is 10.9. The molecule has 1 N–H and O–H groups in total. The first kappa shape index (κ1) is 23.1. The molecule has 0 aliphatic heterocycles. The molecule has 0 bridgehead atoms. The van der Waals surface area contributed by atoms with Gasteiger partial charge in [0.25, 0.3) is 5.91 Å². The number of ether oxygens (including phenoxy) is 1. The van der Waals surface area contributed by atoms with Gasteiger partial charge in [-0.05, 0) is 24.3 Å². The number of aromatic nitrogens is 1. The summed E-state index contributed by atoms with van der Waals surface area (Å²) in [5, 5.41) is 3.54. The highest BCUT2D eigenvalue weighted by Crippen LogP contribution is 2.33. The molecule has 0 saturated heterocycles. The number of pyridine rings is 1. The third-order valence-electron chi connectivity index (χ3n) is 5.70. The van der Waals surface area contributed by atoms with Crippen molar-refractivity contribution in [3.8, 4) is 0 Å². The Bertz CT molecular complexity index is 1600. The third kappa shape index (κ3) is 4.39. The monoisotopic (exact) mass is 496 g/mol. The van der Waals surface area contributed by atoms with Gasteiger partial charge >= 0.3 is 5.97 Å². The van der Waals surface area contributed by atoms with Crippen LogP contribution in [0.4, 0.5) is 5.69 Å². The van der Waals surface area contributed by atoms with Gasteiger partial charge in [-0.25, -0.2) is 4.79 Å². The number of nitrogens with one attached hydrogen (secondary N) is 1. The average molecular weight is 497 g/mol. The average Bonchev–Trinajstić information content (AvgIpc) is 2.90. The smallest absolute Gasteiger partial charge is 0.331 e. The van der Waals surface area contributed by atoms with E-state index in [-0.39, 0.29) is 39.0 Å². The summed E-state index contributed by atoms with van der Waals surface area (Å²) in [4.78, 5) is 54.5. The van der Waals surface area contributed by atoms with E-state index >= 15 is 0 Å². The number of rotatable bonds is 5. The first-order chi connectivity index (χ1) is 17.4. The standard InChI is InChI=1S/C28H17ClN2O5/c29-22-13-20-21(28(35)19-9-2-1-8-18(19)27(20)34)14-23(22)31-24(32)15-36-25(33)11-10-17-6-3-5-16-7-4-12-30-26(16)17/h1-14H,15H2,(H,31,32)/b11-10+. The second-order valence-corrected chi connectivity index (χ2v) is 8.40. The number of carbonyl (C=O) groups excluding carboxylic acids is 4. The van der Waals surface area contributed by atoms with Gasteiger partial charge in [0.05, 0.1) is 16.2 Å². The zero-order chi connectivity index (χ0) is 25.2. The maximum atomic E-state index is 12.9. The number of halogens is 1.